The lowest BCUT2D eigenvalue weighted by Crippen LogP contribution is -2.51. The van der Waals surface area contributed by atoms with Crippen molar-refractivity contribution >= 4 is 5.96 Å². The molecule has 1 fully saturated rings. The molecule has 0 amide bonds. The fourth-order valence-corrected chi connectivity index (χ4v) is 3.79. The van der Waals surface area contributed by atoms with Gasteiger partial charge in [-0.2, -0.15) is 5.10 Å². The van der Waals surface area contributed by atoms with Crippen molar-refractivity contribution in [3.8, 4) is 5.69 Å². The maximum absolute atomic E-state index is 5.54. The highest BCUT2D eigenvalue weighted by Crippen LogP contribution is 2.13. The van der Waals surface area contributed by atoms with Crippen molar-refractivity contribution in [1.29, 1.82) is 0 Å². The molecule has 1 saturated heterocycles. The number of guanidine groups is 1. The molecule has 0 bridgehead atoms. The van der Waals surface area contributed by atoms with Gasteiger partial charge in [0, 0.05) is 44.6 Å². The van der Waals surface area contributed by atoms with Gasteiger partial charge < -0.3 is 15.4 Å². The van der Waals surface area contributed by atoms with Gasteiger partial charge in [0.05, 0.1) is 25.4 Å². The highest BCUT2D eigenvalue weighted by Gasteiger charge is 2.22. The molecule has 2 N–H and O–H groups in total. The highest BCUT2D eigenvalue weighted by atomic mass is 16.5. The van der Waals surface area contributed by atoms with E-state index < -0.39 is 0 Å². The number of morpholine rings is 1. The van der Waals surface area contributed by atoms with E-state index in [-0.39, 0.29) is 0 Å². The summed E-state index contributed by atoms with van der Waals surface area (Å²) in [4.78, 5) is 7.37. The molecule has 1 atom stereocenters. The molecule has 1 aliphatic heterocycles. The van der Waals surface area contributed by atoms with Gasteiger partial charge in [-0.3, -0.25) is 4.90 Å². The van der Waals surface area contributed by atoms with Crippen molar-refractivity contribution in [2.24, 2.45) is 10.9 Å². The Labute approximate surface area is 180 Å². The molecule has 0 aliphatic carbocycles. The molecule has 7 nitrogen and oxygen atoms in total. The summed E-state index contributed by atoms with van der Waals surface area (Å²) in [6, 6.07) is 10.8. The monoisotopic (exact) mass is 412 g/mol. The Balaban J connectivity index is 1.62. The fraction of sp³-hybridized carbons (Fsp3) is 0.565. The summed E-state index contributed by atoms with van der Waals surface area (Å²) >= 11 is 0. The number of hydrogen-bond acceptors (Lipinski definition) is 4. The van der Waals surface area contributed by atoms with Gasteiger partial charge in [-0.15, -0.1) is 0 Å². The van der Waals surface area contributed by atoms with Gasteiger partial charge in [-0.1, -0.05) is 26.0 Å². The van der Waals surface area contributed by atoms with Crippen LogP contribution in [0.2, 0.25) is 0 Å². The van der Waals surface area contributed by atoms with Crippen molar-refractivity contribution in [2.45, 2.75) is 39.8 Å². The molecule has 1 aliphatic rings. The lowest BCUT2D eigenvalue weighted by Gasteiger charge is -2.35. The molecule has 0 spiro atoms. The smallest absolute Gasteiger partial charge is 0.191 e. The summed E-state index contributed by atoms with van der Waals surface area (Å²) in [6.45, 7) is 12.7. The van der Waals surface area contributed by atoms with E-state index in [2.05, 4.69) is 65.7 Å². The van der Waals surface area contributed by atoms with E-state index in [4.69, 9.17) is 9.73 Å². The standard InChI is InChI=1S/C23H36N6O/c1-4-24-23(26-18-22(15-19(2)3)28-11-13-30-14-12-28)25-17-20-7-5-8-21(16-20)29-10-6-9-27-29/h5-10,16,19,22H,4,11-15,17-18H2,1-3H3,(H2,24,25,26). The second-order valence-corrected chi connectivity index (χ2v) is 8.13. The molecular formula is C23H36N6O. The maximum atomic E-state index is 5.54. The highest BCUT2D eigenvalue weighted by molar-refractivity contribution is 5.79. The van der Waals surface area contributed by atoms with Crippen LogP contribution in [0.15, 0.2) is 47.7 Å². The second kappa shape index (κ2) is 11.7. The predicted octanol–water partition coefficient (Wildman–Crippen LogP) is 2.67. The predicted molar refractivity (Wildman–Crippen MR) is 122 cm³/mol. The average molecular weight is 413 g/mol. The van der Waals surface area contributed by atoms with Crippen LogP contribution >= 0.6 is 0 Å². The second-order valence-electron chi connectivity index (χ2n) is 8.13. The molecule has 1 aromatic heterocycles. The zero-order valence-electron chi connectivity index (χ0n) is 18.6. The van der Waals surface area contributed by atoms with Crippen molar-refractivity contribution in [1.82, 2.24) is 25.3 Å². The normalized spacial score (nSPS) is 16.6. The van der Waals surface area contributed by atoms with E-state index in [1.807, 2.05) is 16.9 Å². The SMILES string of the molecule is CCNC(=NCc1cccc(-n2cccn2)c1)NCC(CC(C)C)N1CCOCC1. The van der Waals surface area contributed by atoms with Crippen molar-refractivity contribution in [2.75, 3.05) is 39.4 Å². The molecule has 3 rings (SSSR count). The first-order chi connectivity index (χ1) is 14.7. The third kappa shape index (κ3) is 6.85. The Kier molecular flexibility index (Phi) is 8.71. The first kappa shape index (κ1) is 22.3. The maximum Gasteiger partial charge on any atom is 0.191 e. The largest absolute Gasteiger partial charge is 0.379 e. The number of nitrogens with one attached hydrogen (secondary N) is 2. The van der Waals surface area contributed by atoms with Crippen LogP contribution in [-0.4, -0.2) is 66.1 Å². The van der Waals surface area contributed by atoms with Gasteiger partial charge in [-0.05, 0) is 43.0 Å². The van der Waals surface area contributed by atoms with Crippen LogP contribution in [0.3, 0.4) is 0 Å². The summed E-state index contributed by atoms with van der Waals surface area (Å²) in [6.07, 6.45) is 4.91. The first-order valence-corrected chi connectivity index (χ1v) is 11.1. The van der Waals surface area contributed by atoms with Gasteiger partial charge in [0.1, 0.15) is 0 Å². The third-order valence-electron chi connectivity index (χ3n) is 5.25. The van der Waals surface area contributed by atoms with Crippen molar-refractivity contribution in [3.63, 3.8) is 0 Å². The number of hydrogen-bond donors (Lipinski definition) is 2. The van der Waals surface area contributed by atoms with Crippen LogP contribution in [0.25, 0.3) is 5.69 Å². The van der Waals surface area contributed by atoms with Gasteiger partial charge in [0.15, 0.2) is 5.96 Å². The summed E-state index contributed by atoms with van der Waals surface area (Å²) in [5, 5.41) is 11.3. The molecule has 2 aromatic rings. The van der Waals surface area contributed by atoms with Crippen LogP contribution in [-0.2, 0) is 11.3 Å². The molecular weight excluding hydrogens is 376 g/mol. The number of ether oxygens (including phenoxy) is 1. The van der Waals surface area contributed by atoms with E-state index in [1.165, 1.54) is 6.42 Å². The van der Waals surface area contributed by atoms with Gasteiger partial charge in [0.25, 0.3) is 0 Å². The quantitative estimate of drug-likeness (QED) is 0.490. The van der Waals surface area contributed by atoms with Crippen LogP contribution in [0.5, 0.6) is 0 Å². The lowest BCUT2D eigenvalue weighted by molar-refractivity contribution is 0.0132. The van der Waals surface area contributed by atoms with Gasteiger partial charge in [0.2, 0.25) is 0 Å². The summed E-state index contributed by atoms with van der Waals surface area (Å²) < 4.78 is 7.41. The van der Waals surface area contributed by atoms with Crippen molar-refractivity contribution in [3.05, 3.63) is 48.3 Å². The molecule has 30 heavy (non-hydrogen) atoms. The van der Waals surface area contributed by atoms with E-state index in [0.29, 0.717) is 18.5 Å². The minimum atomic E-state index is 0.487. The molecule has 2 heterocycles. The summed E-state index contributed by atoms with van der Waals surface area (Å²) in [7, 11) is 0. The average Bonchev–Trinajstić information content (AvgIpc) is 3.30. The number of rotatable bonds is 9. The van der Waals surface area contributed by atoms with Crippen LogP contribution in [0, 0.1) is 5.92 Å². The Morgan fingerprint density at radius 2 is 2.03 bits per heavy atom. The Hall–Kier alpha value is -2.38. The number of benzene rings is 1. The van der Waals surface area contributed by atoms with E-state index in [9.17, 15) is 0 Å². The number of nitrogens with zero attached hydrogens (tertiary/aromatic N) is 4. The van der Waals surface area contributed by atoms with E-state index in [0.717, 1.165) is 56.6 Å². The zero-order valence-corrected chi connectivity index (χ0v) is 18.6. The third-order valence-corrected chi connectivity index (χ3v) is 5.25. The van der Waals surface area contributed by atoms with Gasteiger partial charge >= 0.3 is 0 Å². The summed E-state index contributed by atoms with van der Waals surface area (Å²) in [5.41, 5.74) is 2.21. The Morgan fingerprint density at radius 3 is 2.73 bits per heavy atom. The minimum Gasteiger partial charge on any atom is -0.379 e. The minimum absolute atomic E-state index is 0.487. The van der Waals surface area contributed by atoms with E-state index in [1.54, 1.807) is 6.20 Å². The number of aromatic nitrogens is 2. The van der Waals surface area contributed by atoms with Crippen LogP contribution in [0.4, 0.5) is 0 Å². The Bertz CT molecular complexity index is 768. The molecule has 1 aromatic carbocycles. The number of aliphatic imine (C=N–C) groups is 1. The van der Waals surface area contributed by atoms with E-state index >= 15 is 0 Å². The topological polar surface area (TPSA) is 66.7 Å². The summed E-state index contributed by atoms with van der Waals surface area (Å²) in [5.74, 6) is 1.52. The fourth-order valence-electron chi connectivity index (χ4n) is 3.79. The first-order valence-electron chi connectivity index (χ1n) is 11.1. The van der Waals surface area contributed by atoms with Crippen LogP contribution < -0.4 is 10.6 Å². The Morgan fingerprint density at radius 1 is 1.20 bits per heavy atom. The zero-order chi connectivity index (χ0) is 21.2. The van der Waals surface area contributed by atoms with Gasteiger partial charge in [-0.25, -0.2) is 9.67 Å². The molecule has 0 radical (unpaired) electrons. The molecule has 1 unspecified atom stereocenters. The molecule has 0 saturated carbocycles. The van der Waals surface area contributed by atoms with Crippen molar-refractivity contribution < 1.29 is 4.74 Å². The van der Waals surface area contributed by atoms with Crippen LogP contribution in [0.1, 0.15) is 32.8 Å². The lowest BCUT2D eigenvalue weighted by atomic mass is 10.0. The molecule has 164 valence electrons. The molecule has 7 heteroatoms.